The van der Waals surface area contributed by atoms with E-state index < -0.39 is 15.9 Å². The zero-order chi connectivity index (χ0) is 14.3. The van der Waals surface area contributed by atoms with Crippen molar-refractivity contribution in [2.24, 2.45) is 5.41 Å². The van der Waals surface area contributed by atoms with Gasteiger partial charge in [0.1, 0.15) is 4.33 Å². The zero-order valence-corrected chi connectivity index (χ0v) is 12.4. The predicted octanol–water partition coefficient (Wildman–Crippen LogP) is 2.94. The van der Waals surface area contributed by atoms with Gasteiger partial charge in [-0.1, -0.05) is 24.3 Å². The number of halogens is 2. The molecule has 1 aromatic carbocycles. The summed E-state index contributed by atoms with van der Waals surface area (Å²) in [5.41, 5.74) is 1.14. The van der Waals surface area contributed by atoms with Gasteiger partial charge in [0.25, 0.3) is 0 Å². The van der Waals surface area contributed by atoms with Gasteiger partial charge in [-0.3, -0.25) is 4.79 Å². The normalized spacial score (nSPS) is 25.7. The number of aliphatic hydroxyl groups excluding tert-OH is 1. The quantitative estimate of drug-likeness (QED) is 0.840. The molecule has 5 heteroatoms. The predicted molar refractivity (Wildman–Crippen MR) is 76.1 cm³/mol. The monoisotopic (exact) mass is 301 g/mol. The molecule has 0 radical (unpaired) electrons. The topological polar surface area (TPSA) is 49.3 Å². The van der Waals surface area contributed by atoms with Gasteiger partial charge >= 0.3 is 0 Å². The second kappa shape index (κ2) is 4.97. The maximum absolute atomic E-state index is 12.0. The number of rotatable bonds is 4. The number of amides is 1. The third-order valence-electron chi connectivity index (χ3n) is 3.67. The molecule has 0 spiro atoms. The summed E-state index contributed by atoms with van der Waals surface area (Å²) in [6.07, 6.45) is -0.00209. The van der Waals surface area contributed by atoms with Gasteiger partial charge in [0.15, 0.2) is 0 Å². The maximum atomic E-state index is 12.0. The first-order chi connectivity index (χ1) is 8.76. The number of nitrogens with one attached hydrogen (secondary N) is 1. The van der Waals surface area contributed by atoms with E-state index in [1.165, 1.54) is 0 Å². The fourth-order valence-electron chi connectivity index (χ4n) is 1.94. The Balaban J connectivity index is 1.91. The van der Waals surface area contributed by atoms with Crippen molar-refractivity contribution in [3.63, 3.8) is 0 Å². The first-order valence-electron chi connectivity index (χ1n) is 6.19. The zero-order valence-electron chi connectivity index (χ0n) is 10.9. The van der Waals surface area contributed by atoms with E-state index in [1.54, 1.807) is 13.8 Å². The van der Waals surface area contributed by atoms with Crippen LogP contribution < -0.4 is 5.32 Å². The smallest absolute Gasteiger partial charge is 0.229 e. The Kier molecular flexibility index (Phi) is 3.83. The molecule has 1 aliphatic carbocycles. The lowest BCUT2D eigenvalue weighted by atomic mass is 10.1. The maximum Gasteiger partial charge on any atom is 0.229 e. The van der Waals surface area contributed by atoms with Gasteiger partial charge in [0, 0.05) is 6.54 Å². The molecule has 3 nitrogen and oxygen atoms in total. The lowest BCUT2D eigenvalue weighted by Crippen LogP contribution is -2.32. The Morgan fingerprint density at radius 3 is 2.37 bits per heavy atom. The van der Waals surface area contributed by atoms with Crippen LogP contribution in [0.3, 0.4) is 0 Å². The number of hydrogen-bond donors (Lipinski definition) is 2. The lowest BCUT2D eigenvalue weighted by molar-refractivity contribution is -0.125. The Morgan fingerprint density at radius 2 is 1.95 bits per heavy atom. The lowest BCUT2D eigenvalue weighted by Gasteiger charge is -2.13. The van der Waals surface area contributed by atoms with E-state index in [-0.39, 0.29) is 5.91 Å². The van der Waals surface area contributed by atoms with Crippen LogP contribution in [0, 0.1) is 5.41 Å². The molecule has 104 valence electrons. The molecule has 0 aliphatic heterocycles. The summed E-state index contributed by atoms with van der Waals surface area (Å²) < 4.78 is -0.937. The van der Waals surface area contributed by atoms with E-state index in [2.05, 4.69) is 5.32 Å². The van der Waals surface area contributed by atoms with Crippen LogP contribution in [0.25, 0.3) is 0 Å². The van der Waals surface area contributed by atoms with E-state index in [0.717, 1.165) is 11.1 Å². The van der Waals surface area contributed by atoms with Crippen LogP contribution in [0.15, 0.2) is 24.3 Å². The van der Waals surface area contributed by atoms with E-state index in [4.69, 9.17) is 23.2 Å². The van der Waals surface area contributed by atoms with Crippen LogP contribution in [0.5, 0.6) is 0 Å². The second-order valence-corrected chi connectivity index (χ2v) is 6.80. The summed E-state index contributed by atoms with van der Waals surface area (Å²) in [4.78, 5) is 12.0. The molecule has 2 atom stereocenters. The number of hydrogen-bond acceptors (Lipinski definition) is 2. The number of benzene rings is 1. The van der Waals surface area contributed by atoms with Crippen molar-refractivity contribution in [3.05, 3.63) is 35.4 Å². The van der Waals surface area contributed by atoms with E-state index >= 15 is 0 Å². The van der Waals surface area contributed by atoms with Gasteiger partial charge in [0.2, 0.25) is 5.91 Å². The minimum atomic E-state index is -0.937. The summed E-state index contributed by atoms with van der Waals surface area (Å²) in [5, 5.41) is 12.2. The molecule has 2 rings (SSSR count). The highest BCUT2D eigenvalue weighted by atomic mass is 35.5. The van der Waals surface area contributed by atoms with Crippen molar-refractivity contribution in [1.29, 1.82) is 0 Å². The van der Waals surface area contributed by atoms with Gasteiger partial charge in [-0.2, -0.15) is 0 Å². The number of carbonyl (C=O) groups excluding carboxylic acids is 1. The Hall–Kier alpha value is -0.770. The fraction of sp³-hybridized carbons (Fsp3) is 0.500. The molecule has 0 heterocycles. The highest BCUT2D eigenvalue weighted by Gasteiger charge is 2.67. The fourth-order valence-corrected chi connectivity index (χ4v) is 2.64. The molecule has 0 bridgehead atoms. The Bertz CT molecular complexity index is 485. The van der Waals surface area contributed by atoms with Crippen molar-refractivity contribution in [2.75, 3.05) is 0 Å². The first kappa shape index (κ1) is 14.6. The molecule has 19 heavy (non-hydrogen) atoms. The minimum absolute atomic E-state index is 0.128. The number of carbonyl (C=O) groups is 1. The van der Waals surface area contributed by atoms with Crippen LogP contribution in [0.1, 0.15) is 37.5 Å². The summed E-state index contributed by atoms with van der Waals surface area (Å²) in [7, 11) is 0. The largest absolute Gasteiger partial charge is 0.389 e. The molecule has 2 N–H and O–H groups in total. The molecule has 1 aromatic rings. The standard InChI is InChI=1S/C14H17Cl2NO2/c1-9(18)11-5-3-10(4-6-11)7-17-12(19)13(2)8-14(13,15)16/h3-6,9,18H,7-8H2,1-2H3,(H,17,19)/t9-,13-/m0/s1. The third kappa shape index (κ3) is 2.88. The molecule has 1 aliphatic rings. The van der Waals surface area contributed by atoms with Crippen LogP contribution in [-0.4, -0.2) is 15.3 Å². The third-order valence-corrected chi connectivity index (χ3v) is 4.78. The van der Waals surface area contributed by atoms with Crippen molar-refractivity contribution >= 4 is 29.1 Å². The highest BCUT2D eigenvalue weighted by molar-refractivity contribution is 6.53. The average molecular weight is 302 g/mol. The van der Waals surface area contributed by atoms with Gasteiger partial charge in [-0.05, 0) is 31.4 Å². The summed E-state index contributed by atoms with van der Waals surface area (Å²) in [6.45, 7) is 3.91. The minimum Gasteiger partial charge on any atom is -0.389 e. The number of alkyl halides is 2. The molecule has 1 saturated carbocycles. The molecule has 0 aromatic heterocycles. The molecule has 0 unspecified atom stereocenters. The van der Waals surface area contributed by atoms with Crippen molar-refractivity contribution in [3.8, 4) is 0 Å². The van der Waals surface area contributed by atoms with Crippen LogP contribution >= 0.6 is 23.2 Å². The SMILES string of the molecule is C[C@H](O)c1ccc(CNC(=O)[C@]2(C)CC2(Cl)Cl)cc1. The summed E-state index contributed by atoms with van der Waals surface area (Å²) in [5.74, 6) is -0.128. The number of aliphatic hydroxyl groups is 1. The average Bonchev–Trinajstić information content (AvgIpc) is 2.87. The summed E-state index contributed by atoms with van der Waals surface area (Å²) >= 11 is 11.9. The van der Waals surface area contributed by atoms with Gasteiger partial charge in [0.05, 0.1) is 11.5 Å². The first-order valence-corrected chi connectivity index (χ1v) is 6.95. The van der Waals surface area contributed by atoms with Crippen LogP contribution in [0.2, 0.25) is 0 Å². The molecule has 0 saturated heterocycles. The van der Waals surface area contributed by atoms with E-state index in [0.29, 0.717) is 13.0 Å². The molecule has 1 amide bonds. The Morgan fingerprint density at radius 1 is 1.42 bits per heavy atom. The molecular weight excluding hydrogens is 285 g/mol. The van der Waals surface area contributed by atoms with Crippen LogP contribution in [-0.2, 0) is 11.3 Å². The van der Waals surface area contributed by atoms with Gasteiger partial charge in [-0.25, -0.2) is 0 Å². The van der Waals surface area contributed by atoms with E-state index in [9.17, 15) is 9.90 Å². The summed E-state index contributed by atoms with van der Waals surface area (Å²) in [6, 6.07) is 7.45. The molecular formula is C14H17Cl2NO2. The van der Waals surface area contributed by atoms with E-state index in [1.807, 2.05) is 24.3 Å². The highest BCUT2D eigenvalue weighted by Crippen LogP contribution is 2.63. The Labute approximate surface area is 122 Å². The molecule has 1 fully saturated rings. The van der Waals surface area contributed by atoms with Gasteiger partial charge < -0.3 is 10.4 Å². The van der Waals surface area contributed by atoms with Crippen molar-refractivity contribution in [1.82, 2.24) is 5.32 Å². The van der Waals surface area contributed by atoms with Gasteiger partial charge in [-0.15, -0.1) is 23.2 Å². The second-order valence-electron chi connectivity index (χ2n) is 5.31. The van der Waals surface area contributed by atoms with Crippen molar-refractivity contribution < 1.29 is 9.90 Å². The van der Waals surface area contributed by atoms with Crippen molar-refractivity contribution in [2.45, 2.75) is 37.3 Å². The van der Waals surface area contributed by atoms with Crippen LogP contribution in [0.4, 0.5) is 0 Å².